The van der Waals surface area contributed by atoms with E-state index in [9.17, 15) is 0 Å². The molecule has 0 saturated carbocycles. The van der Waals surface area contributed by atoms with E-state index in [1.807, 2.05) is 0 Å². The third kappa shape index (κ3) is 4.84. The van der Waals surface area contributed by atoms with Gasteiger partial charge in [0.25, 0.3) is 0 Å². The van der Waals surface area contributed by atoms with Gasteiger partial charge in [-0.15, -0.1) is 0 Å². The molecule has 1 atom stereocenters. The molecule has 0 aliphatic carbocycles. The summed E-state index contributed by atoms with van der Waals surface area (Å²) >= 11 is 0. The van der Waals surface area contributed by atoms with Gasteiger partial charge in [-0.1, -0.05) is 39.3 Å². The van der Waals surface area contributed by atoms with Crippen molar-refractivity contribution < 1.29 is 4.74 Å². The molecule has 1 rings (SSSR count). The van der Waals surface area contributed by atoms with E-state index in [0.29, 0.717) is 11.8 Å². The topological polar surface area (TPSA) is 47.3 Å². The van der Waals surface area contributed by atoms with Crippen LogP contribution in [0.2, 0.25) is 0 Å². The summed E-state index contributed by atoms with van der Waals surface area (Å²) in [7, 11) is 1.73. The first-order chi connectivity index (χ1) is 9.12. The number of rotatable bonds is 8. The lowest BCUT2D eigenvalue weighted by molar-refractivity contribution is 0.407. The molecule has 108 valence electrons. The van der Waals surface area contributed by atoms with Gasteiger partial charge in [0.05, 0.1) is 7.11 Å². The van der Waals surface area contributed by atoms with Crippen molar-refractivity contribution in [2.45, 2.75) is 39.7 Å². The van der Waals surface area contributed by atoms with Crippen LogP contribution in [-0.2, 0) is 6.54 Å². The minimum atomic E-state index is 0.474. The maximum atomic E-state index is 5.71. The predicted octanol–water partition coefficient (Wildman–Crippen LogP) is 2.89. The number of ether oxygens (including phenoxy) is 1. The molecule has 0 spiro atoms. The quantitative estimate of drug-likeness (QED) is 0.759. The average Bonchev–Trinajstić information content (AvgIpc) is 2.43. The molecule has 0 bridgehead atoms. The van der Waals surface area contributed by atoms with Crippen molar-refractivity contribution in [2.75, 3.05) is 20.2 Å². The van der Waals surface area contributed by atoms with E-state index in [-0.39, 0.29) is 0 Å². The van der Waals surface area contributed by atoms with E-state index in [1.54, 1.807) is 7.11 Å². The van der Waals surface area contributed by atoms with Gasteiger partial charge < -0.3 is 15.8 Å². The fraction of sp³-hybridized carbons (Fsp3) is 0.625. The molecule has 0 heterocycles. The van der Waals surface area contributed by atoms with Gasteiger partial charge in [0.2, 0.25) is 0 Å². The van der Waals surface area contributed by atoms with Crippen LogP contribution in [0.1, 0.15) is 44.2 Å². The molecule has 19 heavy (non-hydrogen) atoms. The molecule has 1 unspecified atom stereocenters. The van der Waals surface area contributed by atoms with Crippen LogP contribution in [0.4, 0.5) is 0 Å². The minimum Gasteiger partial charge on any atom is -0.496 e. The van der Waals surface area contributed by atoms with Gasteiger partial charge in [-0.3, -0.25) is 0 Å². The summed E-state index contributed by atoms with van der Waals surface area (Å²) < 4.78 is 5.40. The Bertz CT molecular complexity index is 373. The lowest BCUT2D eigenvalue weighted by atomic mass is 9.99. The highest BCUT2D eigenvalue weighted by molar-refractivity contribution is 5.39. The van der Waals surface area contributed by atoms with Crippen molar-refractivity contribution in [3.63, 3.8) is 0 Å². The van der Waals surface area contributed by atoms with Gasteiger partial charge in [-0.25, -0.2) is 0 Å². The molecule has 0 saturated heterocycles. The molecule has 1 aromatic carbocycles. The van der Waals surface area contributed by atoms with E-state index in [2.05, 4.69) is 44.3 Å². The van der Waals surface area contributed by atoms with Gasteiger partial charge in [0, 0.05) is 6.54 Å². The number of hydrogen-bond donors (Lipinski definition) is 2. The Labute approximate surface area is 117 Å². The number of nitrogens with one attached hydrogen (secondary N) is 1. The molecular formula is C16H28N2O. The van der Waals surface area contributed by atoms with Gasteiger partial charge in [0.1, 0.15) is 5.75 Å². The Hall–Kier alpha value is -1.06. The Morgan fingerprint density at radius 2 is 2.05 bits per heavy atom. The maximum absolute atomic E-state index is 5.71. The molecule has 0 fully saturated rings. The van der Waals surface area contributed by atoms with Gasteiger partial charge in [0.15, 0.2) is 0 Å². The van der Waals surface area contributed by atoms with Crippen LogP contribution in [0.25, 0.3) is 0 Å². The summed E-state index contributed by atoms with van der Waals surface area (Å²) in [6, 6.07) is 6.42. The molecule has 1 aromatic rings. The fourth-order valence-electron chi connectivity index (χ4n) is 2.16. The Morgan fingerprint density at radius 1 is 1.32 bits per heavy atom. The van der Waals surface area contributed by atoms with E-state index < -0.39 is 0 Å². The average molecular weight is 264 g/mol. The lowest BCUT2D eigenvalue weighted by Crippen LogP contribution is -2.27. The van der Waals surface area contributed by atoms with Crippen LogP contribution in [0.5, 0.6) is 5.75 Å². The second-order valence-corrected chi connectivity index (χ2v) is 5.37. The van der Waals surface area contributed by atoms with E-state index >= 15 is 0 Å². The first-order valence-corrected chi connectivity index (χ1v) is 7.19. The normalized spacial score (nSPS) is 12.7. The summed E-state index contributed by atoms with van der Waals surface area (Å²) in [6.45, 7) is 9.19. The molecular weight excluding hydrogens is 236 g/mol. The van der Waals surface area contributed by atoms with Crippen LogP contribution in [-0.4, -0.2) is 20.2 Å². The summed E-state index contributed by atoms with van der Waals surface area (Å²) in [4.78, 5) is 0. The Morgan fingerprint density at radius 3 is 2.58 bits per heavy atom. The predicted molar refractivity (Wildman–Crippen MR) is 81.6 cm³/mol. The Kier molecular flexibility index (Phi) is 6.89. The standard InChI is InChI=1S/C16H28N2O/c1-5-13(9-17)10-18-11-14-6-7-16(19-4)15(8-14)12(2)3/h6-8,12-13,18H,5,9-11,17H2,1-4H3. The van der Waals surface area contributed by atoms with E-state index in [4.69, 9.17) is 10.5 Å². The molecule has 3 N–H and O–H groups in total. The first kappa shape index (κ1) is 16.0. The molecule has 0 aliphatic heterocycles. The largest absolute Gasteiger partial charge is 0.496 e. The Balaban J connectivity index is 2.62. The van der Waals surface area contributed by atoms with Crippen molar-refractivity contribution in [1.82, 2.24) is 5.32 Å². The van der Waals surface area contributed by atoms with E-state index in [1.165, 1.54) is 11.1 Å². The molecule has 3 heteroatoms. The summed E-state index contributed by atoms with van der Waals surface area (Å²) in [6.07, 6.45) is 1.13. The minimum absolute atomic E-state index is 0.474. The third-order valence-corrected chi connectivity index (χ3v) is 3.59. The highest BCUT2D eigenvalue weighted by atomic mass is 16.5. The summed E-state index contributed by atoms with van der Waals surface area (Å²) in [5.41, 5.74) is 8.28. The van der Waals surface area contributed by atoms with Gasteiger partial charge in [-0.05, 0) is 42.1 Å². The zero-order valence-corrected chi connectivity index (χ0v) is 12.7. The van der Waals surface area contributed by atoms with Crippen LogP contribution in [0.15, 0.2) is 18.2 Å². The molecule has 0 aliphatic rings. The molecule has 0 aromatic heterocycles. The third-order valence-electron chi connectivity index (χ3n) is 3.59. The molecule has 3 nitrogen and oxygen atoms in total. The zero-order valence-electron chi connectivity index (χ0n) is 12.7. The number of benzene rings is 1. The van der Waals surface area contributed by atoms with Crippen molar-refractivity contribution in [3.05, 3.63) is 29.3 Å². The van der Waals surface area contributed by atoms with Crippen LogP contribution < -0.4 is 15.8 Å². The second kappa shape index (κ2) is 8.18. The SMILES string of the molecule is CCC(CN)CNCc1ccc(OC)c(C(C)C)c1. The fourth-order valence-corrected chi connectivity index (χ4v) is 2.16. The highest BCUT2D eigenvalue weighted by Gasteiger charge is 2.08. The van der Waals surface area contributed by atoms with Crippen LogP contribution in [0, 0.1) is 5.92 Å². The monoisotopic (exact) mass is 264 g/mol. The smallest absolute Gasteiger partial charge is 0.122 e. The maximum Gasteiger partial charge on any atom is 0.122 e. The van der Waals surface area contributed by atoms with Gasteiger partial charge in [-0.2, -0.15) is 0 Å². The van der Waals surface area contributed by atoms with Crippen LogP contribution >= 0.6 is 0 Å². The van der Waals surface area contributed by atoms with Crippen molar-refractivity contribution >= 4 is 0 Å². The molecule has 0 radical (unpaired) electrons. The van der Waals surface area contributed by atoms with E-state index in [0.717, 1.165) is 31.8 Å². The second-order valence-electron chi connectivity index (χ2n) is 5.37. The number of methoxy groups -OCH3 is 1. The van der Waals surface area contributed by atoms with Crippen molar-refractivity contribution in [1.29, 1.82) is 0 Å². The first-order valence-electron chi connectivity index (χ1n) is 7.19. The molecule has 0 amide bonds. The number of nitrogens with two attached hydrogens (primary N) is 1. The highest BCUT2D eigenvalue weighted by Crippen LogP contribution is 2.27. The zero-order chi connectivity index (χ0) is 14.3. The van der Waals surface area contributed by atoms with Crippen LogP contribution in [0.3, 0.4) is 0 Å². The summed E-state index contributed by atoms with van der Waals surface area (Å²) in [5, 5.41) is 3.49. The van der Waals surface area contributed by atoms with Gasteiger partial charge >= 0.3 is 0 Å². The number of hydrogen-bond acceptors (Lipinski definition) is 3. The van der Waals surface area contributed by atoms with Crippen molar-refractivity contribution in [3.8, 4) is 5.75 Å². The lowest BCUT2D eigenvalue weighted by Gasteiger charge is -2.16. The van der Waals surface area contributed by atoms with Crippen molar-refractivity contribution in [2.24, 2.45) is 11.7 Å². The summed E-state index contributed by atoms with van der Waals surface area (Å²) in [5.74, 6) is 2.03.